The Balaban J connectivity index is 1.79. The number of piperidine rings is 1. The number of ether oxygens (including phenoxy) is 1. The molecule has 2 aliphatic rings. The molecule has 3 rings (SSSR count). The first-order chi connectivity index (χ1) is 11.8. The summed E-state index contributed by atoms with van der Waals surface area (Å²) in [6.45, 7) is 6.62. The lowest BCUT2D eigenvalue weighted by Crippen LogP contribution is -2.57. The molecule has 7 heteroatoms. The molecule has 0 radical (unpaired) electrons. The van der Waals surface area contributed by atoms with E-state index in [9.17, 15) is 14.4 Å². The van der Waals surface area contributed by atoms with Gasteiger partial charge in [0.25, 0.3) is 11.8 Å². The van der Waals surface area contributed by atoms with Crippen LogP contribution in [0.15, 0.2) is 24.3 Å². The van der Waals surface area contributed by atoms with E-state index in [1.165, 1.54) is 4.90 Å². The van der Waals surface area contributed by atoms with Gasteiger partial charge in [-0.15, -0.1) is 0 Å². The van der Waals surface area contributed by atoms with Crippen LogP contribution in [0.2, 0.25) is 0 Å². The molecule has 25 heavy (non-hydrogen) atoms. The first kappa shape index (κ1) is 17.4. The normalized spacial score (nSPS) is 23.4. The standard InChI is InChI=1S/C18H23N3O4/c1-18(2,3)20-17(24)25-14-10-19-9-8-13(14)21-15(22)11-6-4-5-7-12(11)16(21)23/h4-7,13-14,19H,8-10H2,1-3H3,(H,20,24). The predicted octanol–water partition coefficient (Wildman–Crippen LogP) is 1.54. The van der Waals surface area contributed by atoms with Crippen molar-refractivity contribution in [2.45, 2.75) is 44.9 Å². The van der Waals surface area contributed by atoms with Crippen LogP contribution < -0.4 is 10.6 Å². The van der Waals surface area contributed by atoms with Crippen molar-refractivity contribution in [2.24, 2.45) is 0 Å². The van der Waals surface area contributed by atoms with Crippen molar-refractivity contribution < 1.29 is 19.1 Å². The monoisotopic (exact) mass is 345 g/mol. The van der Waals surface area contributed by atoms with Crippen LogP contribution in [-0.2, 0) is 4.74 Å². The summed E-state index contributed by atoms with van der Waals surface area (Å²) in [4.78, 5) is 38.8. The van der Waals surface area contributed by atoms with Gasteiger partial charge in [-0.2, -0.15) is 0 Å². The second-order valence-electron chi connectivity index (χ2n) is 7.40. The van der Waals surface area contributed by atoms with Gasteiger partial charge in [0.15, 0.2) is 0 Å². The molecule has 2 unspecified atom stereocenters. The fourth-order valence-corrected chi connectivity index (χ4v) is 3.21. The molecule has 1 fully saturated rings. The van der Waals surface area contributed by atoms with Crippen LogP contribution in [0, 0.1) is 0 Å². The first-order valence-electron chi connectivity index (χ1n) is 8.44. The van der Waals surface area contributed by atoms with Gasteiger partial charge < -0.3 is 15.4 Å². The quantitative estimate of drug-likeness (QED) is 0.794. The number of imide groups is 1. The van der Waals surface area contributed by atoms with Gasteiger partial charge in [-0.25, -0.2) is 4.79 Å². The van der Waals surface area contributed by atoms with E-state index < -0.39 is 23.8 Å². The third-order valence-electron chi connectivity index (χ3n) is 4.28. The maximum atomic E-state index is 12.7. The molecule has 7 nitrogen and oxygen atoms in total. The van der Waals surface area contributed by atoms with Gasteiger partial charge in [0.2, 0.25) is 0 Å². The summed E-state index contributed by atoms with van der Waals surface area (Å²) < 4.78 is 5.53. The average Bonchev–Trinajstić information content (AvgIpc) is 2.78. The number of carbonyl (C=O) groups excluding carboxylic acids is 3. The zero-order valence-corrected chi connectivity index (χ0v) is 14.7. The van der Waals surface area contributed by atoms with Crippen LogP contribution in [-0.4, -0.2) is 53.6 Å². The van der Waals surface area contributed by atoms with Crippen LogP contribution in [0.25, 0.3) is 0 Å². The van der Waals surface area contributed by atoms with Crippen molar-refractivity contribution in [1.82, 2.24) is 15.5 Å². The van der Waals surface area contributed by atoms with Crippen molar-refractivity contribution in [3.63, 3.8) is 0 Å². The van der Waals surface area contributed by atoms with E-state index in [1.54, 1.807) is 24.3 Å². The summed E-state index contributed by atoms with van der Waals surface area (Å²) in [5, 5.41) is 5.89. The smallest absolute Gasteiger partial charge is 0.407 e. The zero-order chi connectivity index (χ0) is 18.2. The molecule has 3 amide bonds. The Morgan fingerprint density at radius 2 is 1.80 bits per heavy atom. The Hall–Kier alpha value is -2.41. The third-order valence-corrected chi connectivity index (χ3v) is 4.28. The van der Waals surface area contributed by atoms with E-state index in [-0.39, 0.29) is 11.8 Å². The molecule has 2 aliphatic heterocycles. The highest BCUT2D eigenvalue weighted by atomic mass is 16.6. The number of nitrogens with one attached hydrogen (secondary N) is 2. The summed E-state index contributed by atoms with van der Waals surface area (Å²) in [6.07, 6.45) is -0.597. The Morgan fingerprint density at radius 1 is 1.20 bits per heavy atom. The number of alkyl carbamates (subject to hydrolysis) is 1. The molecule has 0 bridgehead atoms. The Labute approximate surface area is 146 Å². The number of nitrogens with zero attached hydrogens (tertiary/aromatic N) is 1. The van der Waals surface area contributed by atoms with E-state index in [4.69, 9.17) is 4.74 Å². The highest BCUT2D eigenvalue weighted by Crippen LogP contribution is 2.28. The van der Waals surface area contributed by atoms with E-state index in [1.807, 2.05) is 20.8 Å². The minimum absolute atomic E-state index is 0.322. The maximum Gasteiger partial charge on any atom is 0.407 e. The SMILES string of the molecule is CC(C)(C)NC(=O)OC1CNCCC1N1C(=O)c2ccccc2C1=O. The second-order valence-corrected chi connectivity index (χ2v) is 7.40. The van der Waals surface area contributed by atoms with Gasteiger partial charge >= 0.3 is 6.09 Å². The Morgan fingerprint density at radius 3 is 2.36 bits per heavy atom. The number of benzene rings is 1. The number of hydrogen-bond acceptors (Lipinski definition) is 5. The Kier molecular flexibility index (Phi) is 4.51. The van der Waals surface area contributed by atoms with Crippen molar-refractivity contribution >= 4 is 17.9 Å². The summed E-state index contributed by atoms with van der Waals surface area (Å²) in [7, 11) is 0. The average molecular weight is 345 g/mol. The molecular weight excluding hydrogens is 322 g/mol. The Bertz CT molecular complexity index is 676. The lowest BCUT2D eigenvalue weighted by Gasteiger charge is -2.37. The van der Waals surface area contributed by atoms with Gasteiger partial charge in [-0.1, -0.05) is 12.1 Å². The summed E-state index contributed by atoms with van der Waals surface area (Å²) in [5.74, 6) is -0.644. The van der Waals surface area contributed by atoms with E-state index >= 15 is 0 Å². The minimum Gasteiger partial charge on any atom is -0.443 e. The summed E-state index contributed by atoms with van der Waals surface area (Å²) >= 11 is 0. The first-order valence-corrected chi connectivity index (χ1v) is 8.44. The van der Waals surface area contributed by atoms with Gasteiger partial charge in [0.05, 0.1) is 17.2 Å². The van der Waals surface area contributed by atoms with E-state index in [0.717, 1.165) is 0 Å². The highest BCUT2D eigenvalue weighted by molar-refractivity contribution is 6.21. The van der Waals surface area contributed by atoms with Crippen LogP contribution in [0.5, 0.6) is 0 Å². The molecule has 2 N–H and O–H groups in total. The molecule has 1 aromatic carbocycles. The molecular formula is C18H23N3O4. The number of carbonyl (C=O) groups is 3. The highest BCUT2D eigenvalue weighted by Gasteiger charge is 2.44. The number of fused-ring (bicyclic) bond motifs is 1. The number of hydrogen-bond donors (Lipinski definition) is 2. The largest absolute Gasteiger partial charge is 0.443 e. The van der Waals surface area contributed by atoms with Crippen molar-refractivity contribution in [1.29, 1.82) is 0 Å². The topological polar surface area (TPSA) is 87.7 Å². The van der Waals surface area contributed by atoms with Crippen LogP contribution in [0.4, 0.5) is 4.79 Å². The maximum absolute atomic E-state index is 12.7. The molecule has 0 spiro atoms. The van der Waals surface area contributed by atoms with Crippen molar-refractivity contribution in [3.05, 3.63) is 35.4 Å². The lowest BCUT2D eigenvalue weighted by molar-refractivity contribution is 0.0126. The molecule has 2 heterocycles. The molecule has 0 saturated carbocycles. The zero-order valence-electron chi connectivity index (χ0n) is 14.7. The van der Waals surface area contributed by atoms with Crippen molar-refractivity contribution in [2.75, 3.05) is 13.1 Å². The molecule has 0 aromatic heterocycles. The number of amides is 3. The fraction of sp³-hybridized carbons (Fsp3) is 0.500. The van der Waals surface area contributed by atoms with Crippen molar-refractivity contribution in [3.8, 4) is 0 Å². The van der Waals surface area contributed by atoms with Crippen LogP contribution in [0.3, 0.4) is 0 Å². The molecule has 134 valence electrons. The summed E-state index contributed by atoms with van der Waals surface area (Å²) in [5.41, 5.74) is 0.386. The van der Waals surface area contributed by atoms with Gasteiger partial charge in [-0.3, -0.25) is 14.5 Å². The minimum atomic E-state index is -0.585. The molecule has 0 aliphatic carbocycles. The van der Waals surface area contributed by atoms with Crippen LogP contribution >= 0.6 is 0 Å². The van der Waals surface area contributed by atoms with Gasteiger partial charge in [0, 0.05) is 12.1 Å². The second kappa shape index (κ2) is 6.48. The van der Waals surface area contributed by atoms with E-state index in [2.05, 4.69) is 10.6 Å². The summed E-state index contributed by atoms with van der Waals surface area (Å²) in [6, 6.07) is 6.30. The fourth-order valence-electron chi connectivity index (χ4n) is 3.21. The molecule has 2 atom stereocenters. The predicted molar refractivity (Wildman–Crippen MR) is 91.4 cm³/mol. The van der Waals surface area contributed by atoms with Gasteiger partial charge in [0.1, 0.15) is 6.10 Å². The molecule has 1 saturated heterocycles. The van der Waals surface area contributed by atoms with Crippen LogP contribution in [0.1, 0.15) is 47.9 Å². The van der Waals surface area contributed by atoms with Gasteiger partial charge in [-0.05, 0) is 45.9 Å². The molecule has 1 aromatic rings. The number of rotatable bonds is 2. The lowest BCUT2D eigenvalue weighted by atomic mass is 10.0. The third kappa shape index (κ3) is 3.51. The van der Waals surface area contributed by atoms with E-state index in [0.29, 0.717) is 30.6 Å².